The number of nitrogens with zero attached hydrogens (tertiary/aromatic N) is 1. The van der Waals surface area contributed by atoms with Crippen LogP contribution in [0.1, 0.15) is 13.3 Å². The number of urea groups is 1. The van der Waals surface area contributed by atoms with E-state index in [0.717, 1.165) is 7.11 Å². The molecule has 0 bridgehead atoms. The molecule has 0 aromatic carbocycles. The van der Waals surface area contributed by atoms with Crippen LogP contribution in [-0.4, -0.2) is 62.3 Å². The molecule has 19 heavy (non-hydrogen) atoms. The first kappa shape index (κ1) is 15.6. The van der Waals surface area contributed by atoms with Gasteiger partial charge in [-0.1, -0.05) is 0 Å². The molecule has 0 aromatic heterocycles. The molecule has 6 nitrogen and oxygen atoms in total. The fraction of sp³-hybridized carbons (Fsp3) is 0.818. The van der Waals surface area contributed by atoms with Crippen LogP contribution < -0.4 is 5.32 Å². The number of ether oxygens (including phenoxy) is 2. The maximum Gasteiger partial charge on any atom is 0.328 e. The molecule has 0 radical (unpaired) electrons. The van der Waals surface area contributed by atoms with Gasteiger partial charge < -0.3 is 19.7 Å². The predicted molar refractivity (Wildman–Crippen MR) is 62.0 cm³/mol. The van der Waals surface area contributed by atoms with Gasteiger partial charge in [0.2, 0.25) is 5.92 Å². The summed E-state index contributed by atoms with van der Waals surface area (Å²) >= 11 is 0. The standard InChI is InChI=1S/C11H18F2N2O4/c1-11(12,13)7-8(9(16)18-2)14-10(17)15-3-5-19-6-4-15/h8H,3-7H2,1-2H3,(H,14,17). The molecule has 1 aliphatic heterocycles. The molecule has 1 saturated heterocycles. The van der Waals surface area contributed by atoms with Gasteiger partial charge in [-0.15, -0.1) is 0 Å². The lowest BCUT2D eigenvalue weighted by molar-refractivity contribution is -0.145. The average Bonchev–Trinajstić information content (AvgIpc) is 2.36. The zero-order valence-corrected chi connectivity index (χ0v) is 10.9. The zero-order valence-electron chi connectivity index (χ0n) is 10.9. The maximum atomic E-state index is 13.0. The van der Waals surface area contributed by atoms with Crippen molar-refractivity contribution in [2.75, 3.05) is 33.4 Å². The molecule has 0 aliphatic carbocycles. The molecule has 110 valence electrons. The fourth-order valence-corrected chi connectivity index (χ4v) is 1.70. The van der Waals surface area contributed by atoms with Gasteiger partial charge >= 0.3 is 12.0 Å². The van der Waals surface area contributed by atoms with E-state index in [2.05, 4.69) is 10.1 Å². The van der Waals surface area contributed by atoms with Crippen LogP contribution in [0.2, 0.25) is 0 Å². The number of hydrogen-bond acceptors (Lipinski definition) is 4. The lowest BCUT2D eigenvalue weighted by Gasteiger charge is -2.29. The predicted octanol–water partition coefficient (Wildman–Crippen LogP) is 0.615. The van der Waals surface area contributed by atoms with E-state index in [1.807, 2.05) is 0 Å². The summed E-state index contributed by atoms with van der Waals surface area (Å²) in [5, 5.41) is 2.27. The van der Waals surface area contributed by atoms with Crippen LogP contribution in [0.3, 0.4) is 0 Å². The first-order valence-electron chi connectivity index (χ1n) is 5.92. The second-order valence-electron chi connectivity index (χ2n) is 4.40. The quantitative estimate of drug-likeness (QED) is 0.766. The van der Waals surface area contributed by atoms with Gasteiger partial charge in [0.05, 0.1) is 20.3 Å². The summed E-state index contributed by atoms with van der Waals surface area (Å²) in [7, 11) is 1.09. The van der Waals surface area contributed by atoms with E-state index >= 15 is 0 Å². The van der Waals surface area contributed by atoms with Crippen LogP contribution in [0.4, 0.5) is 13.6 Å². The molecular formula is C11H18F2N2O4. The summed E-state index contributed by atoms with van der Waals surface area (Å²) in [4.78, 5) is 24.6. The number of carbonyl (C=O) groups excluding carboxylic acids is 2. The Labute approximate surface area is 110 Å². The monoisotopic (exact) mass is 280 g/mol. The Bertz CT molecular complexity index is 327. The Hall–Kier alpha value is -1.44. The molecule has 1 N–H and O–H groups in total. The highest BCUT2D eigenvalue weighted by Crippen LogP contribution is 2.19. The van der Waals surface area contributed by atoms with Gasteiger partial charge in [0, 0.05) is 19.5 Å². The Morgan fingerprint density at radius 1 is 1.42 bits per heavy atom. The Morgan fingerprint density at radius 2 is 2.00 bits per heavy atom. The van der Waals surface area contributed by atoms with Gasteiger partial charge in [0.25, 0.3) is 0 Å². The lowest BCUT2D eigenvalue weighted by atomic mass is 10.1. The maximum absolute atomic E-state index is 13.0. The number of nitrogens with one attached hydrogen (secondary N) is 1. The minimum absolute atomic E-state index is 0.363. The van der Waals surface area contributed by atoms with E-state index in [1.165, 1.54) is 4.90 Å². The van der Waals surface area contributed by atoms with Gasteiger partial charge in [0.15, 0.2) is 0 Å². The highest BCUT2D eigenvalue weighted by molar-refractivity contribution is 5.83. The third-order valence-electron chi connectivity index (χ3n) is 2.64. The van der Waals surface area contributed by atoms with Crippen molar-refractivity contribution in [2.24, 2.45) is 0 Å². The number of rotatable bonds is 4. The minimum Gasteiger partial charge on any atom is -0.467 e. The minimum atomic E-state index is -3.07. The highest BCUT2D eigenvalue weighted by Gasteiger charge is 2.34. The molecule has 0 spiro atoms. The summed E-state index contributed by atoms with van der Waals surface area (Å²) in [6.45, 7) is 2.19. The third-order valence-corrected chi connectivity index (χ3v) is 2.64. The first-order valence-corrected chi connectivity index (χ1v) is 5.92. The Balaban J connectivity index is 2.60. The first-order chi connectivity index (χ1) is 8.83. The van der Waals surface area contributed by atoms with Crippen LogP contribution >= 0.6 is 0 Å². The zero-order chi connectivity index (χ0) is 14.5. The molecular weight excluding hydrogens is 262 g/mol. The number of hydrogen-bond donors (Lipinski definition) is 1. The SMILES string of the molecule is COC(=O)C(CC(C)(F)F)NC(=O)N1CCOCC1. The smallest absolute Gasteiger partial charge is 0.328 e. The van der Waals surface area contributed by atoms with Crippen molar-refractivity contribution in [3.63, 3.8) is 0 Å². The van der Waals surface area contributed by atoms with E-state index in [0.29, 0.717) is 33.2 Å². The highest BCUT2D eigenvalue weighted by atomic mass is 19.3. The van der Waals surface area contributed by atoms with Crippen molar-refractivity contribution in [1.29, 1.82) is 0 Å². The third kappa shape index (κ3) is 5.37. The van der Waals surface area contributed by atoms with Gasteiger partial charge in [-0.3, -0.25) is 0 Å². The largest absolute Gasteiger partial charge is 0.467 e. The van der Waals surface area contributed by atoms with E-state index in [4.69, 9.17) is 4.74 Å². The topological polar surface area (TPSA) is 67.9 Å². The normalized spacial score (nSPS) is 17.8. The summed E-state index contributed by atoms with van der Waals surface area (Å²) < 4.78 is 35.4. The molecule has 0 saturated carbocycles. The van der Waals surface area contributed by atoms with Crippen molar-refractivity contribution < 1.29 is 27.8 Å². The molecule has 1 aliphatic rings. The Morgan fingerprint density at radius 3 is 2.47 bits per heavy atom. The summed E-state index contributed by atoms with van der Waals surface area (Å²) in [5.41, 5.74) is 0. The molecule has 8 heteroatoms. The van der Waals surface area contributed by atoms with Crippen LogP contribution in [0, 0.1) is 0 Å². The van der Waals surface area contributed by atoms with Crippen molar-refractivity contribution in [3.8, 4) is 0 Å². The van der Waals surface area contributed by atoms with Gasteiger partial charge in [-0.25, -0.2) is 18.4 Å². The van der Waals surface area contributed by atoms with E-state index in [-0.39, 0.29) is 0 Å². The van der Waals surface area contributed by atoms with Gasteiger partial charge in [-0.2, -0.15) is 0 Å². The van der Waals surface area contributed by atoms with E-state index in [1.54, 1.807) is 0 Å². The second-order valence-corrected chi connectivity index (χ2v) is 4.40. The van der Waals surface area contributed by atoms with E-state index in [9.17, 15) is 18.4 Å². The average molecular weight is 280 g/mol. The molecule has 0 aromatic rings. The van der Waals surface area contributed by atoms with Crippen molar-refractivity contribution >= 4 is 12.0 Å². The van der Waals surface area contributed by atoms with Gasteiger partial charge in [-0.05, 0) is 6.92 Å². The number of amides is 2. The number of esters is 1. The summed E-state index contributed by atoms with van der Waals surface area (Å²) in [5.74, 6) is -3.96. The number of carbonyl (C=O) groups is 2. The van der Waals surface area contributed by atoms with Crippen molar-refractivity contribution in [3.05, 3.63) is 0 Å². The molecule has 1 fully saturated rings. The van der Waals surface area contributed by atoms with Crippen LogP contribution in [-0.2, 0) is 14.3 Å². The number of alkyl halides is 2. The number of morpholine rings is 1. The molecule has 1 unspecified atom stereocenters. The number of halogens is 2. The molecule has 1 heterocycles. The molecule has 1 atom stereocenters. The number of methoxy groups -OCH3 is 1. The molecule has 2 amide bonds. The van der Waals surface area contributed by atoms with E-state index < -0.39 is 30.4 Å². The Kier molecular flexibility index (Phi) is 5.46. The van der Waals surface area contributed by atoms with Crippen LogP contribution in [0.15, 0.2) is 0 Å². The fourth-order valence-electron chi connectivity index (χ4n) is 1.70. The lowest BCUT2D eigenvalue weighted by Crippen LogP contribution is -2.52. The summed E-state index contributed by atoms with van der Waals surface area (Å²) in [6.07, 6.45) is -0.796. The summed E-state index contributed by atoms with van der Waals surface area (Å²) in [6, 6.07) is -1.93. The van der Waals surface area contributed by atoms with Crippen molar-refractivity contribution in [2.45, 2.75) is 25.3 Å². The van der Waals surface area contributed by atoms with Crippen molar-refractivity contribution in [1.82, 2.24) is 10.2 Å². The second kappa shape index (κ2) is 6.65. The van der Waals surface area contributed by atoms with Crippen LogP contribution in [0.5, 0.6) is 0 Å². The molecule has 1 rings (SSSR count). The van der Waals surface area contributed by atoms with Crippen LogP contribution in [0.25, 0.3) is 0 Å². The van der Waals surface area contributed by atoms with Gasteiger partial charge in [0.1, 0.15) is 6.04 Å².